The normalized spacial score (nSPS) is 16.0. The molecule has 2 aromatic rings. The van der Waals surface area contributed by atoms with Crippen molar-refractivity contribution in [3.05, 3.63) is 63.1 Å². The third-order valence-corrected chi connectivity index (χ3v) is 3.92. The summed E-state index contributed by atoms with van der Waals surface area (Å²) in [5, 5.41) is 11.6. The van der Waals surface area contributed by atoms with E-state index in [1.54, 1.807) is 12.1 Å². The molecule has 7 heteroatoms. The van der Waals surface area contributed by atoms with E-state index >= 15 is 0 Å². The van der Waals surface area contributed by atoms with Crippen LogP contribution < -0.4 is 10.4 Å². The molecule has 0 aromatic heterocycles. The van der Waals surface area contributed by atoms with Gasteiger partial charge in [-0.05, 0) is 43.3 Å². The molecule has 1 heterocycles. The van der Waals surface area contributed by atoms with Crippen LogP contribution in [0, 0.1) is 6.92 Å². The zero-order chi connectivity index (χ0) is 17.4. The van der Waals surface area contributed by atoms with Crippen molar-refractivity contribution >= 4 is 46.8 Å². The number of phenolic OH excluding ortho intramolecular Hbond substituents is 1. The molecule has 1 aliphatic rings. The number of halogens is 2. The van der Waals surface area contributed by atoms with Gasteiger partial charge in [0.1, 0.15) is 11.3 Å². The summed E-state index contributed by atoms with van der Waals surface area (Å²) in [6.45, 7) is 1.85. The molecule has 0 atom stereocenters. The van der Waals surface area contributed by atoms with Crippen molar-refractivity contribution in [2.24, 2.45) is 0 Å². The highest BCUT2D eigenvalue weighted by Gasteiger charge is 2.34. The minimum absolute atomic E-state index is 0.0158. The highest BCUT2D eigenvalue weighted by molar-refractivity contribution is 6.36. The lowest BCUT2D eigenvalue weighted by Crippen LogP contribution is -2.35. The van der Waals surface area contributed by atoms with E-state index in [9.17, 15) is 14.7 Å². The second-order valence-corrected chi connectivity index (χ2v) is 6.20. The Labute approximate surface area is 148 Å². The smallest absolute Gasteiger partial charge is 0.282 e. The number of nitrogens with one attached hydrogen (secondary N) is 1. The molecule has 2 aromatic carbocycles. The largest absolute Gasteiger partial charge is 0.507 e. The number of benzene rings is 2. The summed E-state index contributed by atoms with van der Waals surface area (Å²) in [4.78, 5) is 24.7. The van der Waals surface area contributed by atoms with Crippen LogP contribution in [0.2, 0.25) is 10.0 Å². The molecule has 0 unspecified atom stereocenters. The van der Waals surface area contributed by atoms with Gasteiger partial charge in [-0.3, -0.25) is 15.0 Å². The van der Waals surface area contributed by atoms with Gasteiger partial charge in [0.15, 0.2) is 0 Å². The number of anilines is 1. The molecule has 1 saturated heterocycles. The minimum atomic E-state index is -0.572. The van der Waals surface area contributed by atoms with Gasteiger partial charge in [-0.1, -0.05) is 34.8 Å². The molecule has 0 bridgehead atoms. The van der Waals surface area contributed by atoms with Gasteiger partial charge in [0.2, 0.25) is 0 Å². The molecule has 0 saturated carbocycles. The summed E-state index contributed by atoms with van der Waals surface area (Å²) >= 11 is 11.9. The average molecular weight is 363 g/mol. The van der Waals surface area contributed by atoms with Gasteiger partial charge in [-0.25, -0.2) is 5.01 Å². The highest BCUT2D eigenvalue weighted by Crippen LogP contribution is 2.29. The molecule has 5 nitrogen and oxygen atoms in total. The summed E-state index contributed by atoms with van der Waals surface area (Å²) < 4.78 is 0. The van der Waals surface area contributed by atoms with Gasteiger partial charge in [0.25, 0.3) is 11.8 Å². The van der Waals surface area contributed by atoms with E-state index in [-0.39, 0.29) is 11.3 Å². The van der Waals surface area contributed by atoms with Crippen LogP contribution in [0.15, 0.2) is 42.0 Å². The Balaban J connectivity index is 2.00. The van der Waals surface area contributed by atoms with Crippen LogP contribution in [-0.4, -0.2) is 16.9 Å². The predicted molar refractivity (Wildman–Crippen MR) is 92.9 cm³/mol. The number of rotatable bonds is 2. The maximum Gasteiger partial charge on any atom is 0.282 e. The summed E-state index contributed by atoms with van der Waals surface area (Å²) in [5.41, 5.74) is 4.00. The van der Waals surface area contributed by atoms with E-state index in [0.29, 0.717) is 21.3 Å². The number of phenols is 1. The summed E-state index contributed by atoms with van der Waals surface area (Å²) in [6, 6.07) is 9.47. The molecule has 0 spiro atoms. The lowest BCUT2D eigenvalue weighted by Gasteiger charge is -2.15. The van der Waals surface area contributed by atoms with Gasteiger partial charge in [-0.2, -0.15) is 0 Å². The number of hydrogen-bond donors (Lipinski definition) is 2. The van der Waals surface area contributed by atoms with Gasteiger partial charge in [0, 0.05) is 15.6 Å². The number of nitrogens with zero attached hydrogens (tertiary/aromatic N) is 1. The first kappa shape index (κ1) is 16.4. The Bertz CT molecular complexity index is 873. The fourth-order valence-electron chi connectivity index (χ4n) is 2.35. The molecular formula is C17H12Cl2N2O3. The van der Waals surface area contributed by atoms with Crippen LogP contribution in [0.5, 0.6) is 5.75 Å². The molecule has 24 heavy (non-hydrogen) atoms. The van der Waals surface area contributed by atoms with Crippen LogP contribution >= 0.6 is 23.2 Å². The number of carbonyl (C=O) groups is 2. The van der Waals surface area contributed by atoms with Crippen LogP contribution in [0.25, 0.3) is 6.08 Å². The standard InChI is InChI=1S/C17H12Cl2N2O3/c1-9-2-3-15(22)10(4-9)5-14-16(23)20-21(17(14)24)13-7-11(18)6-12(19)8-13/h2-8,22H,1H3,(H,20,23)/b14-5+. The fourth-order valence-corrected chi connectivity index (χ4v) is 2.87. The molecule has 1 aliphatic heterocycles. The van der Waals surface area contributed by atoms with Crippen LogP contribution in [0.1, 0.15) is 11.1 Å². The maximum atomic E-state index is 12.5. The van der Waals surface area contributed by atoms with Gasteiger partial charge >= 0.3 is 0 Å². The van der Waals surface area contributed by atoms with Gasteiger partial charge < -0.3 is 5.11 Å². The van der Waals surface area contributed by atoms with E-state index in [1.165, 1.54) is 30.3 Å². The van der Waals surface area contributed by atoms with Crippen molar-refractivity contribution in [1.82, 2.24) is 5.43 Å². The molecule has 1 fully saturated rings. The molecular weight excluding hydrogens is 351 g/mol. The average Bonchev–Trinajstić information content (AvgIpc) is 2.78. The number of hydrogen-bond acceptors (Lipinski definition) is 3. The first-order chi connectivity index (χ1) is 11.3. The number of aryl methyl sites for hydroxylation is 1. The van der Waals surface area contributed by atoms with Crippen molar-refractivity contribution in [1.29, 1.82) is 0 Å². The fraction of sp³-hybridized carbons (Fsp3) is 0.0588. The molecule has 0 aliphatic carbocycles. The molecule has 122 valence electrons. The summed E-state index contributed by atoms with van der Waals surface area (Å²) in [7, 11) is 0. The lowest BCUT2D eigenvalue weighted by molar-refractivity contribution is -0.117. The molecule has 2 N–H and O–H groups in total. The number of aromatic hydroxyl groups is 1. The van der Waals surface area contributed by atoms with Crippen molar-refractivity contribution in [2.45, 2.75) is 6.92 Å². The Kier molecular flexibility index (Phi) is 4.22. The first-order valence-electron chi connectivity index (χ1n) is 6.98. The predicted octanol–water partition coefficient (Wildman–Crippen LogP) is 3.47. The highest BCUT2D eigenvalue weighted by atomic mass is 35.5. The maximum absolute atomic E-state index is 12.5. The Morgan fingerprint density at radius 3 is 2.42 bits per heavy atom. The summed E-state index contributed by atoms with van der Waals surface area (Å²) in [6.07, 6.45) is 1.35. The Hall–Kier alpha value is -2.50. The first-order valence-corrected chi connectivity index (χ1v) is 7.73. The Morgan fingerprint density at radius 1 is 1.08 bits per heavy atom. The zero-order valence-corrected chi connectivity index (χ0v) is 14.0. The van der Waals surface area contributed by atoms with E-state index in [4.69, 9.17) is 23.2 Å². The van der Waals surface area contributed by atoms with Crippen LogP contribution in [0.3, 0.4) is 0 Å². The van der Waals surface area contributed by atoms with Crippen molar-refractivity contribution in [3.8, 4) is 5.75 Å². The number of carbonyl (C=O) groups excluding carboxylic acids is 2. The minimum Gasteiger partial charge on any atom is -0.507 e. The topological polar surface area (TPSA) is 69.6 Å². The Morgan fingerprint density at radius 2 is 1.75 bits per heavy atom. The molecule has 3 rings (SSSR count). The van der Waals surface area contributed by atoms with Crippen molar-refractivity contribution < 1.29 is 14.7 Å². The van der Waals surface area contributed by atoms with E-state index in [2.05, 4.69) is 5.43 Å². The van der Waals surface area contributed by atoms with Crippen molar-refractivity contribution in [3.63, 3.8) is 0 Å². The van der Waals surface area contributed by atoms with Crippen molar-refractivity contribution in [2.75, 3.05) is 5.01 Å². The van der Waals surface area contributed by atoms with Gasteiger partial charge in [0.05, 0.1) is 5.69 Å². The third-order valence-electron chi connectivity index (χ3n) is 3.48. The number of hydrazine groups is 1. The second kappa shape index (κ2) is 6.19. The number of amides is 2. The van der Waals surface area contributed by atoms with E-state index < -0.39 is 11.8 Å². The zero-order valence-electron chi connectivity index (χ0n) is 12.5. The SMILES string of the molecule is Cc1ccc(O)c(/C=C2\C(=O)NN(c3cc(Cl)cc(Cl)c3)C2=O)c1. The van der Waals surface area contributed by atoms with Gasteiger partial charge in [-0.15, -0.1) is 0 Å². The monoisotopic (exact) mass is 362 g/mol. The van der Waals surface area contributed by atoms with Crippen LogP contribution in [0.4, 0.5) is 5.69 Å². The molecule has 0 radical (unpaired) electrons. The van der Waals surface area contributed by atoms with Crippen LogP contribution in [-0.2, 0) is 9.59 Å². The quantitative estimate of drug-likeness (QED) is 0.634. The third kappa shape index (κ3) is 3.09. The second-order valence-electron chi connectivity index (χ2n) is 5.33. The van der Waals surface area contributed by atoms with E-state index in [1.807, 2.05) is 6.92 Å². The summed E-state index contributed by atoms with van der Waals surface area (Å²) in [5.74, 6) is -1.14. The lowest BCUT2D eigenvalue weighted by atomic mass is 10.1. The molecule has 2 amide bonds. The van der Waals surface area contributed by atoms with E-state index in [0.717, 1.165) is 10.6 Å².